The molecule has 7 nitrogen and oxygen atoms in total. The molecular formula is C23H25ClF2O7. The Balaban J connectivity index is 1.76. The highest BCUT2D eigenvalue weighted by Crippen LogP contribution is 2.53. The van der Waals surface area contributed by atoms with Crippen molar-refractivity contribution in [1.82, 2.24) is 0 Å². The van der Waals surface area contributed by atoms with E-state index in [0.717, 1.165) is 0 Å². The van der Waals surface area contributed by atoms with Crippen LogP contribution in [0.4, 0.5) is 8.78 Å². The van der Waals surface area contributed by atoms with Gasteiger partial charge in [0.15, 0.2) is 17.2 Å². The van der Waals surface area contributed by atoms with Crippen LogP contribution in [0, 0.1) is 11.6 Å². The quantitative estimate of drug-likeness (QED) is 0.512. The van der Waals surface area contributed by atoms with E-state index in [-0.39, 0.29) is 34.9 Å². The molecule has 2 aromatic carbocycles. The molecule has 180 valence electrons. The lowest BCUT2D eigenvalue weighted by molar-refractivity contribution is -0.348. The summed E-state index contributed by atoms with van der Waals surface area (Å²) >= 11 is 6.31. The Kier molecular flexibility index (Phi) is 5.98. The summed E-state index contributed by atoms with van der Waals surface area (Å²) < 4.78 is 45.3. The van der Waals surface area contributed by atoms with Crippen LogP contribution in [0.3, 0.4) is 0 Å². The second kappa shape index (κ2) is 8.13. The largest absolute Gasteiger partial charge is 0.494 e. The summed E-state index contributed by atoms with van der Waals surface area (Å²) in [5.41, 5.74) is -2.76. The molecule has 0 aromatic heterocycles. The molecule has 0 radical (unpaired) electrons. The third-order valence-corrected chi connectivity index (χ3v) is 6.93. The minimum absolute atomic E-state index is 0.0172. The lowest BCUT2D eigenvalue weighted by atomic mass is 9.75. The molecule has 2 aromatic rings. The average Bonchev–Trinajstić information content (AvgIpc) is 3.17. The molecule has 1 unspecified atom stereocenters. The summed E-state index contributed by atoms with van der Waals surface area (Å²) in [6.45, 7) is 2.48. The third-order valence-electron chi connectivity index (χ3n) is 6.56. The van der Waals surface area contributed by atoms with Crippen molar-refractivity contribution in [2.45, 2.75) is 55.6 Å². The maximum atomic E-state index is 14.5. The Morgan fingerprint density at radius 3 is 2.42 bits per heavy atom. The van der Waals surface area contributed by atoms with Gasteiger partial charge in [0.2, 0.25) is 11.6 Å². The summed E-state index contributed by atoms with van der Waals surface area (Å²) in [5.74, 6) is -4.37. The molecule has 4 N–H and O–H groups in total. The minimum Gasteiger partial charge on any atom is -0.494 e. The molecule has 2 fully saturated rings. The van der Waals surface area contributed by atoms with Gasteiger partial charge in [-0.15, -0.1) is 0 Å². The molecule has 33 heavy (non-hydrogen) atoms. The van der Waals surface area contributed by atoms with Crippen LogP contribution in [-0.4, -0.2) is 63.7 Å². The van der Waals surface area contributed by atoms with Gasteiger partial charge in [-0.05, 0) is 43.2 Å². The van der Waals surface area contributed by atoms with Gasteiger partial charge in [-0.2, -0.15) is 4.39 Å². The van der Waals surface area contributed by atoms with Crippen LogP contribution >= 0.6 is 11.6 Å². The van der Waals surface area contributed by atoms with E-state index in [4.69, 9.17) is 25.8 Å². The lowest BCUT2D eigenvalue weighted by Crippen LogP contribution is -2.70. The molecule has 10 heteroatoms. The number of fused-ring (bicyclic) bond motifs is 2. The highest BCUT2D eigenvalue weighted by molar-refractivity contribution is 6.31. The molecule has 2 bridgehead atoms. The third kappa shape index (κ3) is 3.54. The van der Waals surface area contributed by atoms with Gasteiger partial charge in [0.25, 0.3) is 0 Å². The molecule has 4 rings (SSSR count). The zero-order valence-electron chi connectivity index (χ0n) is 18.2. The molecule has 2 aliphatic heterocycles. The minimum atomic E-state index is -1.93. The molecule has 0 aliphatic carbocycles. The van der Waals surface area contributed by atoms with Crippen LogP contribution in [0.15, 0.2) is 30.3 Å². The Labute approximate surface area is 194 Å². The highest BCUT2D eigenvalue weighted by Gasteiger charge is 2.71. The monoisotopic (exact) mass is 486 g/mol. The summed E-state index contributed by atoms with van der Waals surface area (Å²) in [6, 6.07) is 7.12. The number of hydrogen-bond acceptors (Lipinski definition) is 7. The molecule has 0 amide bonds. The fourth-order valence-corrected chi connectivity index (χ4v) is 4.67. The van der Waals surface area contributed by atoms with Gasteiger partial charge in [0, 0.05) is 17.0 Å². The fourth-order valence-electron chi connectivity index (χ4n) is 4.48. The average molecular weight is 487 g/mol. The fraction of sp³-hybridized carbons (Fsp3) is 0.478. The Morgan fingerprint density at radius 1 is 1.09 bits per heavy atom. The van der Waals surface area contributed by atoms with E-state index in [1.54, 1.807) is 0 Å². The first-order valence-electron chi connectivity index (χ1n) is 10.3. The first-order chi connectivity index (χ1) is 15.4. The number of aliphatic hydroxyl groups is 4. The molecule has 5 atom stereocenters. The van der Waals surface area contributed by atoms with E-state index in [2.05, 4.69) is 0 Å². The molecule has 2 heterocycles. The van der Waals surface area contributed by atoms with Gasteiger partial charge in [0.05, 0.1) is 19.3 Å². The first-order valence-corrected chi connectivity index (χ1v) is 10.7. The van der Waals surface area contributed by atoms with Gasteiger partial charge in [-0.3, -0.25) is 0 Å². The Bertz CT molecular complexity index is 1080. The zero-order valence-corrected chi connectivity index (χ0v) is 18.9. The standard InChI is InChI=1S/C23H25ClF2O7/c1-21(2,30)22-10-32-23(33-22,20(29)18(27)19(22)28)13-5-6-14(24)12(9-13)8-11-4-7-15(31-3)17(26)16(11)25/h4-7,9,18-20,27-30H,8,10H2,1-3H3/t18-,19-,20+,22-,23?/m0/s1. The van der Waals surface area contributed by atoms with Crippen LogP contribution in [0.25, 0.3) is 0 Å². The van der Waals surface area contributed by atoms with E-state index >= 15 is 0 Å². The second-order valence-electron chi connectivity index (χ2n) is 8.92. The number of ether oxygens (including phenoxy) is 3. The zero-order chi connectivity index (χ0) is 24.3. The number of halogens is 3. The normalized spacial score (nSPS) is 31.6. The number of aliphatic hydroxyl groups excluding tert-OH is 3. The molecule has 2 saturated heterocycles. The van der Waals surface area contributed by atoms with Crippen molar-refractivity contribution < 1.29 is 43.4 Å². The first kappa shape index (κ1) is 24.3. The van der Waals surface area contributed by atoms with Crippen molar-refractivity contribution in [2.24, 2.45) is 0 Å². The summed E-state index contributed by atoms with van der Waals surface area (Å²) in [4.78, 5) is 0. The van der Waals surface area contributed by atoms with Crippen molar-refractivity contribution in [3.63, 3.8) is 0 Å². The Morgan fingerprint density at radius 2 is 1.79 bits per heavy atom. The molecular weight excluding hydrogens is 462 g/mol. The Hall–Kier alpha value is -1.85. The topological polar surface area (TPSA) is 109 Å². The van der Waals surface area contributed by atoms with E-state index in [9.17, 15) is 29.2 Å². The van der Waals surface area contributed by atoms with Crippen molar-refractivity contribution in [1.29, 1.82) is 0 Å². The number of methoxy groups -OCH3 is 1. The van der Waals surface area contributed by atoms with E-state index in [1.807, 2.05) is 0 Å². The predicted octanol–water partition coefficient (Wildman–Crippen LogP) is 2.02. The second-order valence-corrected chi connectivity index (χ2v) is 9.33. The van der Waals surface area contributed by atoms with Gasteiger partial charge in [-0.25, -0.2) is 4.39 Å². The van der Waals surface area contributed by atoms with Gasteiger partial charge < -0.3 is 34.6 Å². The van der Waals surface area contributed by atoms with Crippen LogP contribution in [0.5, 0.6) is 5.75 Å². The summed E-state index contributed by atoms with van der Waals surface area (Å²) in [7, 11) is 1.23. The summed E-state index contributed by atoms with van der Waals surface area (Å²) in [5, 5.41) is 42.9. The number of rotatable bonds is 5. The molecule has 2 aliphatic rings. The van der Waals surface area contributed by atoms with Gasteiger partial charge >= 0.3 is 0 Å². The van der Waals surface area contributed by atoms with Crippen molar-refractivity contribution in [3.05, 3.63) is 63.7 Å². The van der Waals surface area contributed by atoms with E-state index in [0.29, 0.717) is 5.56 Å². The lowest BCUT2D eigenvalue weighted by Gasteiger charge is -2.50. The maximum Gasteiger partial charge on any atom is 0.225 e. The predicted molar refractivity (Wildman–Crippen MR) is 113 cm³/mol. The van der Waals surface area contributed by atoms with Crippen molar-refractivity contribution >= 4 is 11.6 Å². The van der Waals surface area contributed by atoms with E-state index < -0.39 is 46.9 Å². The summed E-state index contributed by atoms with van der Waals surface area (Å²) in [6.07, 6.45) is -5.14. The van der Waals surface area contributed by atoms with Crippen molar-refractivity contribution in [2.75, 3.05) is 13.7 Å². The number of hydrogen-bond donors (Lipinski definition) is 4. The smallest absolute Gasteiger partial charge is 0.225 e. The molecule has 0 spiro atoms. The van der Waals surface area contributed by atoms with Crippen LogP contribution in [0.1, 0.15) is 30.5 Å². The maximum absolute atomic E-state index is 14.5. The van der Waals surface area contributed by atoms with Gasteiger partial charge in [-0.1, -0.05) is 23.7 Å². The van der Waals surface area contributed by atoms with Crippen molar-refractivity contribution in [3.8, 4) is 5.75 Å². The van der Waals surface area contributed by atoms with Crippen LogP contribution in [-0.2, 0) is 21.7 Å². The van der Waals surface area contributed by atoms with E-state index in [1.165, 1.54) is 51.3 Å². The molecule has 0 saturated carbocycles. The van der Waals surface area contributed by atoms with Gasteiger partial charge in [0.1, 0.15) is 18.3 Å². The number of benzene rings is 2. The SMILES string of the molecule is COc1ccc(Cc2cc(C34OC[C@](C(C)(C)O)(O3)[C@@H](O)[C@H](O)[C@H]4O)ccc2Cl)c(F)c1F. The highest BCUT2D eigenvalue weighted by atomic mass is 35.5. The van der Waals surface area contributed by atoms with Crippen LogP contribution < -0.4 is 4.74 Å². The van der Waals surface area contributed by atoms with Crippen LogP contribution in [0.2, 0.25) is 5.02 Å².